The van der Waals surface area contributed by atoms with E-state index in [1.807, 2.05) is 6.92 Å². The number of aliphatic hydroxyl groups excluding tert-OH is 1. The SMILES string of the molecule is CC(O)CCCN1CC(C)CC(C)C1. The Bertz CT molecular complexity index is 148. The Balaban J connectivity index is 2.17. The molecule has 2 nitrogen and oxygen atoms in total. The summed E-state index contributed by atoms with van der Waals surface area (Å²) in [6, 6.07) is 0. The molecule has 1 fully saturated rings. The summed E-state index contributed by atoms with van der Waals surface area (Å²) in [5, 5.41) is 9.17. The summed E-state index contributed by atoms with van der Waals surface area (Å²) in [6.45, 7) is 10.2. The monoisotopic (exact) mass is 199 g/mol. The van der Waals surface area contributed by atoms with Crippen molar-refractivity contribution >= 4 is 0 Å². The number of hydrogen-bond donors (Lipinski definition) is 1. The summed E-state index contributed by atoms with van der Waals surface area (Å²) in [4.78, 5) is 2.56. The van der Waals surface area contributed by atoms with Crippen LogP contribution in [0.25, 0.3) is 0 Å². The molecule has 0 bridgehead atoms. The lowest BCUT2D eigenvalue weighted by Gasteiger charge is -2.35. The van der Waals surface area contributed by atoms with E-state index in [9.17, 15) is 0 Å². The zero-order chi connectivity index (χ0) is 10.6. The van der Waals surface area contributed by atoms with Gasteiger partial charge in [0.1, 0.15) is 0 Å². The van der Waals surface area contributed by atoms with E-state index in [-0.39, 0.29) is 6.10 Å². The van der Waals surface area contributed by atoms with E-state index < -0.39 is 0 Å². The summed E-state index contributed by atoms with van der Waals surface area (Å²) in [7, 11) is 0. The molecule has 1 rings (SSSR count). The smallest absolute Gasteiger partial charge is 0.0512 e. The average molecular weight is 199 g/mol. The zero-order valence-electron chi connectivity index (χ0n) is 9.87. The van der Waals surface area contributed by atoms with Crippen LogP contribution in [-0.2, 0) is 0 Å². The third kappa shape index (κ3) is 4.43. The van der Waals surface area contributed by atoms with Gasteiger partial charge in [0.15, 0.2) is 0 Å². The second-order valence-electron chi connectivity index (χ2n) is 5.20. The van der Waals surface area contributed by atoms with Crippen LogP contribution < -0.4 is 0 Å². The quantitative estimate of drug-likeness (QED) is 0.749. The predicted molar refractivity (Wildman–Crippen MR) is 60.3 cm³/mol. The molecule has 0 radical (unpaired) electrons. The Morgan fingerprint density at radius 2 is 1.86 bits per heavy atom. The first kappa shape index (κ1) is 12.0. The molecule has 1 aliphatic rings. The Kier molecular flexibility index (Phi) is 4.90. The van der Waals surface area contributed by atoms with E-state index in [1.54, 1.807) is 0 Å². The summed E-state index contributed by atoms with van der Waals surface area (Å²) in [5.41, 5.74) is 0. The Morgan fingerprint density at radius 1 is 1.29 bits per heavy atom. The van der Waals surface area contributed by atoms with Gasteiger partial charge in [-0.15, -0.1) is 0 Å². The van der Waals surface area contributed by atoms with Gasteiger partial charge in [0, 0.05) is 13.1 Å². The molecule has 1 N–H and O–H groups in total. The molecular weight excluding hydrogens is 174 g/mol. The van der Waals surface area contributed by atoms with Gasteiger partial charge < -0.3 is 10.0 Å². The number of hydrogen-bond acceptors (Lipinski definition) is 2. The minimum absolute atomic E-state index is 0.130. The molecule has 3 unspecified atom stereocenters. The summed E-state index contributed by atoms with van der Waals surface area (Å²) >= 11 is 0. The van der Waals surface area contributed by atoms with Crippen molar-refractivity contribution in [2.24, 2.45) is 11.8 Å². The average Bonchev–Trinajstić information content (AvgIpc) is 2.01. The highest BCUT2D eigenvalue weighted by molar-refractivity contribution is 4.74. The maximum Gasteiger partial charge on any atom is 0.0512 e. The zero-order valence-corrected chi connectivity index (χ0v) is 9.87. The van der Waals surface area contributed by atoms with Crippen LogP contribution >= 0.6 is 0 Å². The minimum atomic E-state index is -0.130. The standard InChI is InChI=1S/C12H25NO/c1-10-7-11(2)9-13(8-10)6-4-5-12(3)14/h10-12,14H,4-9H2,1-3H3. The molecule has 0 aromatic heterocycles. The van der Waals surface area contributed by atoms with Gasteiger partial charge >= 0.3 is 0 Å². The van der Waals surface area contributed by atoms with Gasteiger partial charge in [-0.25, -0.2) is 0 Å². The minimum Gasteiger partial charge on any atom is -0.393 e. The van der Waals surface area contributed by atoms with Crippen molar-refractivity contribution in [2.45, 2.75) is 46.1 Å². The fourth-order valence-corrected chi connectivity index (χ4v) is 2.58. The molecule has 84 valence electrons. The predicted octanol–water partition coefficient (Wildman–Crippen LogP) is 2.13. The number of likely N-dealkylation sites (tertiary alicyclic amines) is 1. The molecule has 0 amide bonds. The summed E-state index contributed by atoms with van der Waals surface area (Å²) in [5.74, 6) is 1.70. The van der Waals surface area contributed by atoms with E-state index >= 15 is 0 Å². The molecule has 1 saturated heterocycles. The van der Waals surface area contributed by atoms with Gasteiger partial charge in [0.25, 0.3) is 0 Å². The first-order valence-corrected chi connectivity index (χ1v) is 5.98. The van der Waals surface area contributed by atoms with Crippen LogP contribution in [0.5, 0.6) is 0 Å². The van der Waals surface area contributed by atoms with Crippen LogP contribution in [0.4, 0.5) is 0 Å². The van der Waals surface area contributed by atoms with Crippen LogP contribution in [0.3, 0.4) is 0 Å². The second-order valence-corrected chi connectivity index (χ2v) is 5.20. The lowest BCUT2D eigenvalue weighted by molar-refractivity contribution is 0.126. The number of rotatable bonds is 4. The topological polar surface area (TPSA) is 23.5 Å². The van der Waals surface area contributed by atoms with Gasteiger partial charge in [0.2, 0.25) is 0 Å². The maximum absolute atomic E-state index is 9.17. The van der Waals surface area contributed by atoms with Crippen LogP contribution in [0.2, 0.25) is 0 Å². The number of piperidine rings is 1. The van der Waals surface area contributed by atoms with Crippen molar-refractivity contribution < 1.29 is 5.11 Å². The highest BCUT2D eigenvalue weighted by Crippen LogP contribution is 2.21. The lowest BCUT2D eigenvalue weighted by atomic mass is 9.92. The van der Waals surface area contributed by atoms with Crippen LogP contribution in [0.1, 0.15) is 40.0 Å². The van der Waals surface area contributed by atoms with E-state index in [0.29, 0.717) is 0 Å². The molecule has 1 heterocycles. The van der Waals surface area contributed by atoms with Crippen molar-refractivity contribution in [3.8, 4) is 0 Å². The van der Waals surface area contributed by atoms with E-state index in [1.165, 1.54) is 26.1 Å². The molecule has 0 saturated carbocycles. The molecule has 1 aliphatic heterocycles. The van der Waals surface area contributed by atoms with E-state index in [2.05, 4.69) is 18.7 Å². The van der Waals surface area contributed by atoms with Gasteiger partial charge in [-0.2, -0.15) is 0 Å². The largest absolute Gasteiger partial charge is 0.393 e. The molecule has 14 heavy (non-hydrogen) atoms. The summed E-state index contributed by atoms with van der Waals surface area (Å²) in [6.07, 6.45) is 3.33. The third-order valence-corrected chi connectivity index (χ3v) is 3.04. The number of aliphatic hydroxyl groups is 1. The molecule has 2 heteroatoms. The summed E-state index contributed by atoms with van der Waals surface area (Å²) < 4.78 is 0. The van der Waals surface area contributed by atoms with Crippen molar-refractivity contribution in [1.29, 1.82) is 0 Å². The van der Waals surface area contributed by atoms with Gasteiger partial charge in [-0.3, -0.25) is 0 Å². The Hall–Kier alpha value is -0.0800. The van der Waals surface area contributed by atoms with Gasteiger partial charge in [0.05, 0.1) is 6.10 Å². The molecule has 0 aromatic rings. The fourth-order valence-electron chi connectivity index (χ4n) is 2.58. The fraction of sp³-hybridized carbons (Fsp3) is 1.00. The highest BCUT2D eigenvalue weighted by atomic mass is 16.3. The molecule has 0 aliphatic carbocycles. The lowest BCUT2D eigenvalue weighted by Crippen LogP contribution is -2.39. The third-order valence-electron chi connectivity index (χ3n) is 3.04. The van der Waals surface area contributed by atoms with Crippen molar-refractivity contribution in [3.05, 3.63) is 0 Å². The molecule has 3 atom stereocenters. The Labute approximate surface area is 88.3 Å². The first-order chi connectivity index (χ1) is 6.58. The first-order valence-electron chi connectivity index (χ1n) is 5.98. The van der Waals surface area contributed by atoms with Crippen molar-refractivity contribution in [2.75, 3.05) is 19.6 Å². The van der Waals surface area contributed by atoms with E-state index in [0.717, 1.165) is 24.7 Å². The second kappa shape index (κ2) is 5.72. The highest BCUT2D eigenvalue weighted by Gasteiger charge is 2.20. The van der Waals surface area contributed by atoms with Gasteiger partial charge in [-0.05, 0) is 44.6 Å². The van der Waals surface area contributed by atoms with E-state index in [4.69, 9.17) is 5.11 Å². The molecule has 0 aromatic carbocycles. The van der Waals surface area contributed by atoms with Crippen LogP contribution in [-0.4, -0.2) is 35.7 Å². The normalized spacial score (nSPS) is 31.7. The van der Waals surface area contributed by atoms with Gasteiger partial charge in [-0.1, -0.05) is 13.8 Å². The molecule has 0 spiro atoms. The van der Waals surface area contributed by atoms with Crippen LogP contribution in [0, 0.1) is 11.8 Å². The molecular formula is C12H25NO. The Morgan fingerprint density at radius 3 is 2.36 bits per heavy atom. The van der Waals surface area contributed by atoms with Crippen LogP contribution in [0.15, 0.2) is 0 Å². The maximum atomic E-state index is 9.17. The number of nitrogens with zero attached hydrogens (tertiary/aromatic N) is 1. The van der Waals surface area contributed by atoms with Crippen molar-refractivity contribution in [1.82, 2.24) is 4.90 Å². The van der Waals surface area contributed by atoms with Crippen molar-refractivity contribution in [3.63, 3.8) is 0 Å².